The molecule has 11 N–H and O–H groups in total. The van der Waals surface area contributed by atoms with E-state index in [9.17, 15) is 54.3 Å². The Hall–Kier alpha value is 0.0100. The molecule has 0 spiro atoms. The number of aliphatic hydroxyl groups is 7. The molecule has 2 heterocycles. The third kappa shape index (κ3) is 8.25. The molecule has 12 atom stereocenters. The minimum atomic E-state index is -5.91. The Morgan fingerprint density at radius 1 is 0.629 bits per heavy atom. The van der Waals surface area contributed by atoms with E-state index in [2.05, 4.69) is 13.1 Å². The van der Waals surface area contributed by atoms with Crippen LogP contribution in [0.5, 0.6) is 0 Å². The largest absolute Gasteiger partial charge is 0.490 e. The number of hydrogen-bond acceptors (Lipinski definition) is 16. The van der Waals surface area contributed by atoms with E-state index < -0.39 is 98.1 Å². The molecule has 2 saturated heterocycles. The average Bonchev–Trinajstić information content (AvgIpc) is 2.70. The molecule has 0 aromatic rings. The first kappa shape index (κ1) is 31.2. The molecule has 35 heavy (non-hydrogen) atoms. The highest BCUT2D eigenvalue weighted by molar-refractivity contribution is 7.66. The summed E-state index contributed by atoms with van der Waals surface area (Å²) in [5.41, 5.74) is 0. The molecule has 20 nitrogen and oxygen atoms in total. The summed E-state index contributed by atoms with van der Waals surface area (Å²) in [5.74, 6) is 0. The lowest BCUT2D eigenvalue weighted by atomic mass is 9.97. The summed E-state index contributed by atoms with van der Waals surface area (Å²) < 4.78 is 60.6. The fourth-order valence-corrected chi connectivity index (χ4v) is 6.17. The summed E-state index contributed by atoms with van der Waals surface area (Å²) in [6.45, 7) is -1.88. The molecule has 0 aromatic heterocycles. The van der Waals surface area contributed by atoms with Crippen LogP contribution in [0.25, 0.3) is 0 Å². The van der Waals surface area contributed by atoms with Gasteiger partial charge in [0, 0.05) is 0 Å². The van der Waals surface area contributed by atoms with Crippen LogP contribution in [-0.2, 0) is 41.1 Å². The second kappa shape index (κ2) is 11.8. The van der Waals surface area contributed by atoms with Crippen LogP contribution in [-0.4, -0.2) is 130 Å². The summed E-state index contributed by atoms with van der Waals surface area (Å²) in [6.07, 6.45) is -19.3. The van der Waals surface area contributed by atoms with Gasteiger partial charge >= 0.3 is 23.5 Å². The zero-order valence-corrected chi connectivity index (χ0v) is 19.8. The van der Waals surface area contributed by atoms with Gasteiger partial charge in [-0.25, -0.2) is 13.7 Å². The van der Waals surface area contributed by atoms with Crippen molar-refractivity contribution in [1.82, 2.24) is 0 Å². The number of rotatable bonds is 10. The second-order valence-electron chi connectivity index (χ2n) is 7.20. The normalized spacial score (nSPS) is 42.3. The highest BCUT2D eigenvalue weighted by Crippen LogP contribution is 2.66. The zero-order chi connectivity index (χ0) is 26.9. The van der Waals surface area contributed by atoms with E-state index in [1.165, 1.54) is 0 Å². The van der Waals surface area contributed by atoms with Gasteiger partial charge in [0.1, 0.15) is 48.8 Å². The fourth-order valence-electron chi connectivity index (χ4n) is 3.07. The number of hydrogen-bond donors (Lipinski definition) is 11. The lowest BCUT2D eigenvalue weighted by Crippen LogP contribution is -2.64. The predicted octanol–water partition coefficient (Wildman–Crippen LogP) is -5.05. The molecule has 2 aliphatic rings. The summed E-state index contributed by atoms with van der Waals surface area (Å²) in [4.78, 5) is 35.8. The molecule has 0 bridgehead atoms. The van der Waals surface area contributed by atoms with E-state index in [0.717, 1.165) is 0 Å². The topological polar surface area (TPSA) is 329 Å². The summed E-state index contributed by atoms with van der Waals surface area (Å²) in [6, 6.07) is 0. The van der Waals surface area contributed by atoms with E-state index in [-0.39, 0.29) is 0 Å². The van der Waals surface area contributed by atoms with Gasteiger partial charge in [-0.2, -0.15) is 8.62 Å². The van der Waals surface area contributed by atoms with E-state index in [1.54, 1.807) is 0 Å². The maximum atomic E-state index is 12.0. The number of phosphoric acid groups is 3. The summed E-state index contributed by atoms with van der Waals surface area (Å²) in [7, 11) is -17.4. The number of phosphoric ester groups is 1. The SMILES string of the molecule is O=P(O)(O)OP(=O)(O)OP(=O)(O)OC1O[C@H](CO)[C@@H](O[C@@H]2O[C@H](CO)[C@@H](O)[C@H](O)[C@H]2O)[C@H](O)[C@H]1O. The van der Waals surface area contributed by atoms with Crippen molar-refractivity contribution in [2.24, 2.45) is 0 Å². The van der Waals surface area contributed by atoms with Crippen LogP contribution in [0.2, 0.25) is 0 Å². The van der Waals surface area contributed by atoms with Gasteiger partial charge in [-0.1, -0.05) is 0 Å². The summed E-state index contributed by atoms with van der Waals surface area (Å²) >= 11 is 0. The van der Waals surface area contributed by atoms with Crippen LogP contribution >= 0.6 is 23.5 Å². The van der Waals surface area contributed by atoms with Crippen LogP contribution in [0.1, 0.15) is 0 Å². The van der Waals surface area contributed by atoms with Crippen LogP contribution in [0, 0.1) is 0 Å². The van der Waals surface area contributed by atoms with Crippen molar-refractivity contribution in [3.8, 4) is 0 Å². The molecule has 2 fully saturated rings. The molecular weight excluding hydrogens is 557 g/mol. The third-order valence-corrected chi connectivity index (χ3v) is 8.41. The lowest BCUT2D eigenvalue weighted by molar-refractivity contribution is -0.353. The maximum Gasteiger partial charge on any atom is 0.490 e. The molecule has 3 unspecified atom stereocenters. The Bertz CT molecular complexity index is 845. The van der Waals surface area contributed by atoms with Crippen LogP contribution in [0.15, 0.2) is 0 Å². The zero-order valence-electron chi connectivity index (χ0n) is 17.1. The average molecular weight is 582 g/mol. The smallest absolute Gasteiger partial charge is 0.394 e. The molecule has 0 saturated carbocycles. The minimum absolute atomic E-state index is 0.831. The van der Waals surface area contributed by atoms with Crippen molar-refractivity contribution in [1.29, 1.82) is 0 Å². The molecule has 0 amide bonds. The first-order valence-corrected chi connectivity index (χ1v) is 13.8. The van der Waals surface area contributed by atoms with Gasteiger partial charge in [-0.3, -0.25) is 4.52 Å². The van der Waals surface area contributed by atoms with E-state index in [4.69, 9.17) is 28.9 Å². The van der Waals surface area contributed by atoms with Gasteiger partial charge in [-0.05, 0) is 0 Å². The molecular formula is C12H25O20P3. The minimum Gasteiger partial charge on any atom is -0.394 e. The highest BCUT2D eigenvalue weighted by atomic mass is 31.3. The molecule has 2 aliphatic heterocycles. The molecule has 0 radical (unpaired) electrons. The maximum absolute atomic E-state index is 12.0. The molecule has 0 aromatic carbocycles. The highest BCUT2D eigenvalue weighted by Gasteiger charge is 2.53. The monoisotopic (exact) mass is 582 g/mol. The predicted molar refractivity (Wildman–Crippen MR) is 101 cm³/mol. The molecule has 23 heteroatoms. The third-order valence-electron chi connectivity index (χ3n) is 4.61. The van der Waals surface area contributed by atoms with Crippen molar-refractivity contribution >= 4 is 23.5 Å². The second-order valence-corrected chi connectivity index (χ2v) is 11.6. The Balaban J connectivity index is 2.13. The van der Waals surface area contributed by atoms with Crippen molar-refractivity contribution < 1.29 is 96.4 Å². The van der Waals surface area contributed by atoms with Crippen LogP contribution < -0.4 is 0 Å². The van der Waals surface area contributed by atoms with E-state index in [1.807, 2.05) is 0 Å². The van der Waals surface area contributed by atoms with Gasteiger partial charge in [0.15, 0.2) is 12.6 Å². The lowest BCUT2D eigenvalue weighted by Gasteiger charge is -2.45. The van der Waals surface area contributed by atoms with Gasteiger partial charge in [-0.15, -0.1) is 0 Å². The quantitative estimate of drug-likeness (QED) is 0.107. The van der Waals surface area contributed by atoms with Gasteiger partial charge < -0.3 is 69.5 Å². The molecule has 0 aliphatic carbocycles. The fraction of sp³-hybridized carbons (Fsp3) is 1.00. The van der Waals surface area contributed by atoms with Gasteiger partial charge in [0.05, 0.1) is 13.2 Å². The van der Waals surface area contributed by atoms with Crippen LogP contribution in [0.4, 0.5) is 0 Å². The number of aliphatic hydroxyl groups excluding tert-OH is 7. The van der Waals surface area contributed by atoms with Crippen LogP contribution in [0.3, 0.4) is 0 Å². The van der Waals surface area contributed by atoms with E-state index >= 15 is 0 Å². The number of ether oxygens (including phenoxy) is 3. The first-order valence-electron chi connectivity index (χ1n) is 9.32. The Morgan fingerprint density at radius 3 is 1.66 bits per heavy atom. The van der Waals surface area contributed by atoms with Crippen molar-refractivity contribution in [3.63, 3.8) is 0 Å². The van der Waals surface area contributed by atoms with Crippen molar-refractivity contribution in [2.75, 3.05) is 13.2 Å². The Morgan fingerprint density at radius 2 is 1.14 bits per heavy atom. The summed E-state index contributed by atoms with van der Waals surface area (Å²) in [5, 5.41) is 68.9. The molecule has 208 valence electrons. The Labute approximate surface area is 195 Å². The van der Waals surface area contributed by atoms with Crippen molar-refractivity contribution in [2.45, 2.75) is 61.4 Å². The van der Waals surface area contributed by atoms with E-state index in [0.29, 0.717) is 0 Å². The Kier molecular flexibility index (Phi) is 10.5. The standard InChI is InChI=1S/C12H25O20P3/c13-1-3-5(15)6(16)8(18)11(27-3)29-10-4(2-14)28-12(9(19)7(10)17)30-34(23,24)32-35(25,26)31-33(20,21)22/h3-19H,1-2H2,(H,23,24)(H,25,26)(H2,20,21,22)/t3-,4-,5-,6+,7-,8-,9-,10-,11+,12?/m1/s1. The van der Waals surface area contributed by atoms with Gasteiger partial charge in [0.2, 0.25) is 0 Å². The molecule has 2 rings (SSSR count). The first-order chi connectivity index (χ1) is 15.9. The van der Waals surface area contributed by atoms with Crippen molar-refractivity contribution in [3.05, 3.63) is 0 Å². The van der Waals surface area contributed by atoms with Gasteiger partial charge in [0.25, 0.3) is 0 Å².